The van der Waals surface area contributed by atoms with Crippen molar-refractivity contribution in [3.8, 4) is 5.75 Å². The molecule has 22 heavy (non-hydrogen) atoms. The van der Waals surface area contributed by atoms with Gasteiger partial charge in [0.1, 0.15) is 12.4 Å². The average Bonchev–Trinajstić information content (AvgIpc) is 2.58. The van der Waals surface area contributed by atoms with E-state index in [1.54, 1.807) is 0 Å². The summed E-state index contributed by atoms with van der Waals surface area (Å²) in [7, 11) is 0. The summed E-state index contributed by atoms with van der Waals surface area (Å²) in [5.74, 6) is 1.07. The standard InChI is InChI=1S/C18H29N3O/c1-4-10-20(11-5-1)14-15-22-18-7-3-2-6-17(18)16-21-12-8-19-9-13-21/h2-3,6-7,19H,1,4-5,8-16H2. The number of piperazine rings is 1. The molecule has 1 aromatic carbocycles. The van der Waals surface area contributed by atoms with E-state index < -0.39 is 0 Å². The molecule has 4 nitrogen and oxygen atoms in total. The molecule has 2 aliphatic heterocycles. The molecule has 0 unspecified atom stereocenters. The van der Waals surface area contributed by atoms with Gasteiger partial charge in [0.05, 0.1) is 0 Å². The van der Waals surface area contributed by atoms with Crippen LogP contribution in [0.3, 0.4) is 0 Å². The first kappa shape index (κ1) is 15.8. The zero-order valence-corrected chi connectivity index (χ0v) is 13.6. The summed E-state index contributed by atoms with van der Waals surface area (Å²) in [5, 5.41) is 3.41. The van der Waals surface area contributed by atoms with Crippen molar-refractivity contribution in [1.29, 1.82) is 0 Å². The number of hydrogen-bond donors (Lipinski definition) is 1. The highest BCUT2D eigenvalue weighted by Crippen LogP contribution is 2.20. The Hall–Kier alpha value is -1.10. The van der Waals surface area contributed by atoms with Crippen LogP contribution in [0, 0.1) is 0 Å². The molecule has 0 saturated carbocycles. The van der Waals surface area contributed by atoms with Crippen LogP contribution in [0.4, 0.5) is 0 Å². The number of rotatable bonds is 6. The first-order valence-corrected chi connectivity index (χ1v) is 8.78. The minimum Gasteiger partial charge on any atom is -0.492 e. The van der Waals surface area contributed by atoms with Gasteiger partial charge in [-0.05, 0) is 32.0 Å². The lowest BCUT2D eigenvalue weighted by Crippen LogP contribution is -2.42. The molecule has 0 aliphatic carbocycles. The van der Waals surface area contributed by atoms with Gasteiger partial charge in [-0.25, -0.2) is 0 Å². The number of para-hydroxylation sites is 1. The molecule has 0 amide bonds. The van der Waals surface area contributed by atoms with Crippen molar-refractivity contribution in [2.75, 3.05) is 52.4 Å². The Bertz CT molecular complexity index is 440. The van der Waals surface area contributed by atoms with Crippen LogP contribution in [0.2, 0.25) is 0 Å². The third-order valence-electron chi connectivity index (χ3n) is 4.69. The van der Waals surface area contributed by atoms with Gasteiger partial charge in [0, 0.05) is 44.8 Å². The van der Waals surface area contributed by atoms with Crippen LogP contribution in [-0.4, -0.2) is 62.2 Å². The number of piperidine rings is 1. The first-order chi connectivity index (χ1) is 10.9. The van der Waals surface area contributed by atoms with Crippen LogP contribution in [0.25, 0.3) is 0 Å². The largest absolute Gasteiger partial charge is 0.492 e. The van der Waals surface area contributed by atoms with Crippen molar-refractivity contribution in [3.63, 3.8) is 0 Å². The highest BCUT2D eigenvalue weighted by atomic mass is 16.5. The van der Waals surface area contributed by atoms with Gasteiger partial charge in [0.2, 0.25) is 0 Å². The summed E-state index contributed by atoms with van der Waals surface area (Å²) in [6, 6.07) is 8.53. The predicted molar refractivity (Wildman–Crippen MR) is 90.4 cm³/mol. The van der Waals surface area contributed by atoms with E-state index in [0.29, 0.717) is 0 Å². The quantitative estimate of drug-likeness (QED) is 0.869. The topological polar surface area (TPSA) is 27.7 Å². The smallest absolute Gasteiger partial charge is 0.123 e. The fraction of sp³-hybridized carbons (Fsp3) is 0.667. The number of nitrogens with one attached hydrogen (secondary N) is 1. The van der Waals surface area contributed by atoms with Crippen molar-refractivity contribution in [2.24, 2.45) is 0 Å². The first-order valence-electron chi connectivity index (χ1n) is 8.78. The van der Waals surface area contributed by atoms with Gasteiger partial charge in [-0.1, -0.05) is 24.6 Å². The lowest BCUT2D eigenvalue weighted by molar-refractivity contribution is 0.180. The van der Waals surface area contributed by atoms with Crippen LogP contribution in [0.15, 0.2) is 24.3 Å². The van der Waals surface area contributed by atoms with Crippen LogP contribution in [0.1, 0.15) is 24.8 Å². The van der Waals surface area contributed by atoms with Crippen molar-refractivity contribution in [2.45, 2.75) is 25.8 Å². The van der Waals surface area contributed by atoms with E-state index in [2.05, 4.69) is 39.4 Å². The molecule has 0 spiro atoms. The molecular weight excluding hydrogens is 274 g/mol. The molecule has 4 heteroatoms. The van der Waals surface area contributed by atoms with E-state index >= 15 is 0 Å². The molecule has 2 fully saturated rings. The highest BCUT2D eigenvalue weighted by molar-refractivity contribution is 5.33. The summed E-state index contributed by atoms with van der Waals surface area (Å²) < 4.78 is 6.10. The second-order valence-electron chi connectivity index (χ2n) is 6.38. The summed E-state index contributed by atoms with van der Waals surface area (Å²) in [5.41, 5.74) is 1.32. The Morgan fingerprint density at radius 2 is 1.68 bits per heavy atom. The Labute approximate surface area is 134 Å². The van der Waals surface area contributed by atoms with Gasteiger partial charge < -0.3 is 10.1 Å². The molecule has 2 saturated heterocycles. The van der Waals surface area contributed by atoms with Crippen LogP contribution in [0.5, 0.6) is 5.75 Å². The molecule has 0 atom stereocenters. The van der Waals surface area contributed by atoms with E-state index in [-0.39, 0.29) is 0 Å². The Balaban J connectivity index is 1.49. The van der Waals surface area contributed by atoms with Gasteiger partial charge in [-0.3, -0.25) is 9.80 Å². The minimum atomic E-state index is 0.804. The highest BCUT2D eigenvalue weighted by Gasteiger charge is 2.13. The number of likely N-dealkylation sites (tertiary alicyclic amines) is 1. The van der Waals surface area contributed by atoms with Gasteiger partial charge in [-0.2, -0.15) is 0 Å². The molecular formula is C18H29N3O. The molecule has 1 N–H and O–H groups in total. The Morgan fingerprint density at radius 1 is 0.909 bits per heavy atom. The summed E-state index contributed by atoms with van der Waals surface area (Å²) in [6.45, 7) is 9.79. The lowest BCUT2D eigenvalue weighted by atomic mass is 10.1. The fourth-order valence-corrected chi connectivity index (χ4v) is 3.35. The molecule has 0 radical (unpaired) electrons. The third-order valence-corrected chi connectivity index (χ3v) is 4.69. The normalized spacial score (nSPS) is 20.9. The Morgan fingerprint density at radius 3 is 2.50 bits per heavy atom. The van der Waals surface area contributed by atoms with Crippen molar-refractivity contribution < 1.29 is 4.74 Å². The van der Waals surface area contributed by atoms with Gasteiger partial charge in [0.25, 0.3) is 0 Å². The van der Waals surface area contributed by atoms with E-state index in [9.17, 15) is 0 Å². The molecule has 0 bridgehead atoms. The van der Waals surface area contributed by atoms with Gasteiger partial charge in [0.15, 0.2) is 0 Å². The van der Waals surface area contributed by atoms with Crippen molar-refractivity contribution in [1.82, 2.24) is 15.1 Å². The number of benzene rings is 1. The number of ether oxygens (including phenoxy) is 1. The summed E-state index contributed by atoms with van der Waals surface area (Å²) in [4.78, 5) is 5.03. The maximum Gasteiger partial charge on any atom is 0.123 e. The predicted octanol–water partition coefficient (Wildman–Crippen LogP) is 1.96. The zero-order chi connectivity index (χ0) is 15.0. The van der Waals surface area contributed by atoms with Crippen LogP contribution < -0.4 is 10.1 Å². The van der Waals surface area contributed by atoms with Crippen molar-refractivity contribution >= 4 is 0 Å². The molecule has 2 aliphatic rings. The lowest BCUT2D eigenvalue weighted by Gasteiger charge is -2.28. The molecule has 3 rings (SSSR count). The fourth-order valence-electron chi connectivity index (χ4n) is 3.35. The van der Waals surface area contributed by atoms with E-state index in [4.69, 9.17) is 4.74 Å². The molecule has 122 valence electrons. The summed E-state index contributed by atoms with van der Waals surface area (Å²) >= 11 is 0. The maximum absolute atomic E-state index is 6.10. The van der Waals surface area contributed by atoms with Gasteiger partial charge in [-0.15, -0.1) is 0 Å². The zero-order valence-electron chi connectivity index (χ0n) is 13.6. The molecule has 2 heterocycles. The second-order valence-corrected chi connectivity index (χ2v) is 6.38. The van der Waals surface area contributed by atoms with Crippen LogP contribution >= 0.6 is 0 Å². The van der Waals surface area contributed by atoms with E-state index in [1.165, 1.54) is 37.9 Å². The van der Waals surface area contributed by atoms with E-state index in [1.807, 2.05) is 0 Å². The summed E-state index contributed by atoms with van der Waals surface area (Å²) in [6.07, 6.45) is 4.09. The second kappa shape index (κ2) is 8.51. The number of hydrogen-bond acceptors (Lipinski definition) is 4. The third kappa shape index (κ3) is 4.70. The number of nitrogens with zero attached hydrogens (tertiary/aromatic N) is 2. The maximum atomic E-state index is 6.10. The van der Waals surface area contributed by atoms with E-state index in [0.717, 1.165) is 51.6 Å². The average molecular weight is 303 g/mol. The monoisotopic (exact) mass is 303 g/mol. The minimum absolute atomic E-state index is 0.804. The molecule has 1 aromatic rings. The molecule has 0 aromatic heterocycles. The van der Waals surface area contributed by atoms with Crippen LogP contribution in [-0.2, 0) is 6.54 Å². The van der Waals surface area contributed by atoms with Crippen molar-refractivity contribution in [3.05, 3.63) is 29.8 Å². The van der Waals surface area contributed by atoms with Gasteiger partial charge >= 0.3 is 0 Å². The Kier molecular flexibility index (Phi) is 6.11. The SMILES string of the molecule is c1ccc(OCCN2CCCCC2)c(CN2CCNCC2)c1.